The predicted octanol–water partition coefficient (Wildman–Crippen LogP) is 5.04. The summed E-state index contributed by atoms with van der Waals surface area (Å²) in [6.45, 7) is 9.31. The van der Waals surface area contributed by atoms with Crippen molar-refractivity contribution in [3.63, 3.8) is 0 Å². The second-order valence-electron chi connectivity index (χ2n) is 8.73. The van der Waals surface area contributed by atoms with Crippen molar-refractivity contribution in [2.75, 3.05) is 11.9 Å². The molecule has 0 heterocycles. The lowest BCUT2D eigenvalue weighted by molar-refractivity contribution is 0.202. The number of guanidine groups is 1. The molecule has 0 radical (unpaired) electrons. The maximum Gasteiger partial charge on any atom is 0.192 e. The van der Waals surface area contributed by atoms with E-state index >= 15 is 0 Å². The lowest BCUT2D eigenvalue weighted by Crippen LogP contribution is -2.41. The van der Waals surface area contributed by atoms with Gasteiger partial charge in [0.25, 0.3) is 0 Å². The normalized spacial score (nSPS) is 32.0. The predicted molar refractivity (Wildman–Crippen MR) is 106 cm³/mol. The number of rotatable bonds is 5. The Kier molecular flexibility index (Phi) is 4.13. The van der Waals surface area contributed by atoms with E-state index in [4.69, 9.17) is 5.41 Å². The standard InChI is InChI=1S/C22H31N3/c1-4-17-6-5-7-19(20(17)14(2)3)25-21(23)24-13-22-11-15-8-16(12-22)10-18(22)9-15/h5-7,15-16,18H,2,4,8-13H2,1,3H3,(H3,23,24,25). The summed E-state index contributed by atoms with van der Waals surface area (Å²) in [5.74, 6) is 3.28. The van der Waals surface area contributed by atoms with Gasteiger partial charge in [0.2, 0.25) is 0 Å². The summed E-state index contributed by atoms with van der Waals surface area (Å²) >= 11 is 0. The van der Waals surface area contributed by atoms with Gasteiger partial charge in [-0.15, -0.1) is 0 Å². The van der Waals surface area contributed by atoms with E-state index in [1.807, 2.05) is 6.92 Å². The molecule has 0 aliphatic heterocycles. The maximum absolute atomic E-state index is 8.41. The Hall–Kier alpha value is -1.77. The van der Waals surface area contributed by atoms with Crippen molar-refractivity contribution in [3.05, 3.63) is 35.9 Å². The first-order chi connectivity index (χ1) is 12.0. The average molecular weight is 338 g/mol. The first-order valence-corrected chi connectivity index (χ1v) is 9.88. The average Bonchev–Trinajstić information content (AvgIpc) is 2.97. The molecule has 0 spiro atoms. The summed E-state index contributed by atoms with van der Waals surface area (Å²) < 4.78 is 0. The number of anilines is 1. The molecular weight excluding hydrogens is 306 g/mol. The van der Waals surface area contributed by atoms with Crippen LogP contribution in [0.4, 0.5) is 5.69 Å². The van der Waals surface area contributed by atoms with Gasteiger partial charge in [0.05, 0.1) is 0 Å². The van der Waals surface area contributed by atoms with Crippen LogP contribution in [0.1, 0.15) is 57.1 Å². The Morgan fingerprint density at radius 3 is 2.60 bits per heavy atom. The fourth-order valence-electron chi connectivity index (χ4n) is 6.20. The lowest BCUT2D eigenvalue weighted by Gasteiger charge is -2.33. The number of aryl methyl sites for hydroxylation is 1. The van der Waals surface area contributed by atoms with Crippen molar-refractivity contribution >= 4 is 17.2 Å². The van der Waals surface area contributed by atoms with Crippen molar-refractivity contribution in [2.24, 2.45) is 23.2 Å². The summed E-state index contributed by atoms with van der Waals surface area (Å²) in [6.07, 6.45) is 8.11. The van der Waals surface area contributed by atoms with Crippen LogP contribution in [-0.2, 0) is 6.42 Å². The topological polar surface area (TPSA) is 47.9 Å². The van der Waals surface area contributed by atoms with Crippen LogP contribution in [0.5, 0.6) is 0 Å². The fourth-order valence-corrected chi connectivity index (χ4v) is 6.20. The van der Waals surface area contributed by atoms with Crippen molar-refractivity contribution in [1.82, 2.24) is 5.32 Å². The Bertz CT molecular complexity index is 691. The van der Waals surface area contributed by atoms with Crippen LogP contribution >= 0.6 is 0 Å². The van der Waals surface area contributed by atoms with Crippen molar-refractivity contribution < 1.29 is 0 Å². The molecule has 3 N–H and O–H groups in total. The van der Waals surface area contributed by atoms with Gasteiger partial charge < -0.3 is 10.6 Å². The van der Waals surface area contributed by atoms with Crippen LogP contribution in [0.25, 0.3) is 5.57 Å². The highest BCUT2D eigenvalue weighted by Gasteiger charge is 2.57. The maximum atomic E-state index is 8.41. The van der Waals surface area contributed by atoms with Gasteiger partial charge in [0, 0.05) is 17.8 Å². The number of benzene rings is 1. The highest BCUT2D eigenvalue weighted by Crippen LogP contribution is 2.65. The number of nitrogens with one attached hydrogen (secondary N) is 3. The third-order valence-corrected chi connectivity index (χ3v) is 6.99. The monoisotopic (exact) mass is 337 g/mol. The van der Waals surface area contributed by atoms with Crippen LogP contribution in [0.2, 0.25) is 0 Å². The molecule has 2 atom stereocenters. The van der Waals surface area contributed by atoms with Gasteiger partial charge in [-0.25, -0.2) is 0 Å². The lowest BCUT2D eigenvalue weighted by atomic mass is 9.75. The minimum Gasteiger partial charge on any atom is -0.356 e. The second-order valence-corrected chi connectivity index (χ2v) is 8.73. The van der Waals surface area contributed by atoms with Crippen LogP contribution in [0.3, 0.4) is 0 Å². The SMILES string of the molecule is C=C(C)c1c(CC)cccc1NC(=N)NCC12CC3CC(CC1C3)C2. The highest BCUT2D eigenvalue weighted by atomic mass is 15.1. The highest BCUT2D eigenvalue weighted by molar-refractivity contribution is 5.94. The van der Waals surface area contributed by atoms with Crippen LogP contribution < -0.4 is 10.6 Å². The molecule has 0 saturated heterocycles. The molecular formula is C22H31N3. The van der Waals surface area contributed by atoms with Crippen molar-refractivity contribution in [2.45, 2.75) is 52.4 Å². The molecule has 4 fully saturated rings. The Labute approximate surface area is 151 Å². The number of hydrogen-bond acceptors (Lipinski definition) is 1. The van der Waals surface area contributed by atoms with Crippen LogP contribution in [0, 0.1) is 28.6 Å². The zero-order valence-corrected chi connectivity index (χ0v) is 15.6. The molecule has 3 nitrogen and oxygen atoms in total. The minimum atomic E-state index is 0.427. The smallest absolute Gasteiger partial charge is 0.192 e. The number of hydrogen-bond donors (Lipinski definition) is 3. The molecule has 4 aliphatic rings. The van der Waals surface area contributed by atoms with Gasteiger partial charge in [-0.2, -0.15) is 0 Å². The van der Waals surface area contributed by atoms with Crippen molar-refractivity contribution in [1.29, 1.82) is 5.41 Å². The molecule has 4 aliphatic carbocycles. The third kappa shape index (κ3) is 2.88. The molecule has 1 aromatic rings. The van der Waals surface area contributed by atoms with Gasteiger partial charge >= 0.3 is 0 Å². The zero-order chi connectivity index (χ0) is 17.6. The Morgan fingerprint density at radius 2 is 1.96 bits per heavy atom. The molecule has 5 rings (SSSR count). The largest absolute Gasteiger partial charge is 0.356 e. The first-order valence-electron chi connectivity index (χ1n) is 9.88. The number of allylic oxidation sites excluding steroid dienone is 1. The van der Waals surface area contributed by atoms with Gasteiger partial charge in [-0.1, -0.05) is 25.6 Å². The summed E-state index contributed by atoms with van der Waals surface area (Å²) in [6, 6.07) is 6.27. The molecule has 25 heavy (non-hydrogen) atoms. The van der Waals surface area contributed by atoms with E-state index in [0.29, 0.717) is 11.4 Å². The Balaban J connectivity index is 1.43. The van der Waals surface area contributed by atoms with E-state index < -0.39 is 0 Å². The summed E-state index contributed by atoms with van der Waals surface area (Å²) in [5.41, 5.74) is 4.98. The van der Waals surface area contributed by atoms with Gasteiger partial charge in [-0.05, 0) is 85.8 Å². The minimum absolute atomic E-state index is 0.427. The van der Waals surface area contributed by atoms with E-state index in [-0.39, 0.29) is 0 Å². The zero-order valence-electron chi connectivity index (χ0n) is 15.6. The molecule has 3 heteroatoms. The molecule has 1 aromatic carbocycles. The first kappa shape index (κ1) is 16.7. The Morgan fingerprint density at radius 1 is 1.24 bits per heavy atom. The van der Waals surface area contributed by atoms with Gasteiger partial charge in [0.15, 0.2) is 5.96 Å². The van der Waals surface area contributed by atoms with E-state index in [1.54, 1.807) is 0 Å². The molecule has 4 bridgehead atoms. The quantitative estimate of drug-likeness (QED) is 0.520. The van der Waals surface area contributed by atoms with Gasteiger partial charge in [-0.3, -0.25) is 5.41 Å². The van der Waals surface area contributed by atoms with Crippen LogP contribution in [0.15, 0.2) is 24.8 Å². The molecule has 134 valence electrons. The summed E-state index contributed by atoms with van der Waals surface area (Å²) in [7, 11) is 0. The third-order valence-electron chi connectivity index (χ3n) is 6.99. The van der Waals surface area contributed by atoms with Gasteiger partial charge in [0.1, 0.15) is 0 Å². The molecule has 0 amide bonds. The second kappa shape index (κ2) is 6.19. The van der Waals surface area contributed by atoms with Crippen molar-refractivity contribution in [3.8, 4) is 0 Å². The molecule has 2 unspecified atom stereocenters. The van der Waals surface area contributed by atoms with E-state index in [9.17, 15) is 0 Å². The summed E-state index contributed by atoms with van der Waals surface area (Å²) in [5, 5.41) is 15.1. The molecule has 4 saturated carbocycles. The summed E-state index contributed by atoms with van der Waals surface area (Å²) in [4.78, 5) is 0. The molecule has 0 aromatic heterocycles. The van der Waals surface area contributed by atoms with E-state index in [1.165, 1.54) is 37.7 Å². The van der Waals surface area contributed by atoms with E-state index in [0.717, 1.165) is 47.5 Å². The fraction of sp³-hybridized carbons (Fsp3) is 0.591. The van der Waals surface area contributed by atoms with E-state index in [2.05, 4.69) is 42.3 Å². The van der Waals surface area contributed by atoms with Crippen LogP contribution in [-0.4, -0.2) is 12.5 Å².